The van der Waals surface area contributed by atoms with E-state index in [-0.39, 0.29) is 17.2 Å². The van der Waals surface area contributed by atoms with Gasteiger partial charge in [-0.25, -0.2) is 8.78 Å². The Morgan fingerprint density at radius 2 is 1.79 bits per heavy atom. The molecule has 2 aromatic carbocycles. The number of aromatic nitrogens is 1. The number of ether oxygens (including phenoxy) is 1. The van der Waals surface area contributed by atoms with Crippen molar-refractivity contribution in [2.45, 2.75) is 39.0 Å². The molecule has 11 heteroatoms. The lowest BCUT2D eigenvalue weighted by Crippen LogP contribution is -2.10. The Balaban J connectivity index is 1.95. The molecule has 0 saturated carbocycles. The van der Waals surface area contributed by atoms with E-state index < -0.39 is 70.8 Å². The number of hydrogen-bond acceptors (Lipinski definition) is 4. The number of rotatable bonds is 8. The van der Waals surface area contributed by atoms with E-state index in [4.69, 9.17) is 9.84 Å². The highest BCUT2D eigenvalue weighted by Gasteiger charge is 2.38. The van der Waals surface area contributed by atoms with Crippen LogP contribution in [-0.2, 0) is 30.4 Å². The van der Waals surface area contributed by atoms with Crippen LogP contribution in [0.5, 0.6) is 5.75 Å². The summed E-state index contributed by atoms with van der Waals surface area (Å²) in [5.41, 5.74) is 0.281. The summed E-state index contributed by atoms with van der Waals surface area (Å²) in [6.07, 6.45) is -5.11. The van der Waals surface area contributed by atoms with E-state index in [1.54, 1.807) is 24.3 Å². The SMILES string of the molecule is CCc1ccc(-c2nsc(C(F)(F)F)c2COc2c(F)cc(CCC(=O)O)c(F)c2F)cc1. The Hall–Kier alpha value is -3.08. The molecule has 0 radical (unpaired) electrons. The molecule has 0 unspecified atom stereocenters. The van der Waals surface area contributed by atoms with Crippen molar-refractivity contribution in [2.75, 3.05) is 0 Å². The fourth-order valence-corrected chi connectivity index (χ4v) is 3.89. The van der Waals surface area contributed by atoms with Crippen molar-refractivity contribution in [2.24, 2.45) is 0 Å². The first-order valence-electron chi connectivity index (χ1n) is 9.68. The fraction of sp³-hybridized carbons (Fsp3) is 0.273. The molecule has 3 rings (SSSR count). The lowest BCUT2D eigenvalue weighted by molar-refractivity contribution is -0.137. The van der Waals surface area contributed by atoms with Crippen LogP contribution >= 0.6 is 11.5 Å². The molecule has 0 fully saturated rings. The molecule has 1 aromatic heterocycles. The molecule has 0 saturated heterocycles. The van der Waals surface area contributed by atoms with Gasteiger partial charge in [0.1, 0.15) is 11.5 Å². The number of hydrogen-bond donors (Lipinski definition) is 1. The maximum absolute atomic E-state index is 14.4. The Bertz CT molecular complexity index is 1160. The molecule has 1 N–H and O–H groups in total. The summed E-state index contributed by atoms with van der Waals surface area (Å²) in [4.78, 5) is 9.52. The van der Waals surface area contributed by atoms with Crippen molar-refractivity contribution < 1.29 is 41.0 Å². The van der Waals surface area contributed by atoms with Crippen LogP contribution in [0.25, 0.3) is 11.3 Å². The van der Waals surface area contributed by atoms with Gasteiger partial charge in [-0.2, -0.15) is 21.9 Å². The van der Waals surface area contributed by atoms with Crippen LogP contribution in [0, 0.1) is 17.5 Å². The van der Waals surface area contributed by atoms with Crippen LogP contribution < -0.4 is 4.74 Å². The van der Waals surface area contributed by atoms with Crippen LogP contribution in [0.4, 0.5) is 26.3 Å². The normalized spacial score (nSPS) is 11.6. The molecule has 0 aliphatic rings. The zero-order valence-corrected chi connectivity index (χ0v) is 17.9. The van der Waals surface area contributed by atoms with Crippen LogP contribution in [0.1, 0.15) is 34.9 Å². The molecular formula is C22H17F6NO3S. The molecule has 0 amide bonds. The second kappa shape index (κ2) is 9.82. The van der Waals surface area contributed by atoms with Gasteiger partial charge in [0.15, 0.2) is 17.4 Å². The number of carboxylic acid groups (broad SMARTS) is 1. The van der Waals surface area contributed by atoms with Crippen molar-refractivity contribution in [3.63, 3.8) is 0 Å². The summed E-state index contributed by atoms with van der Waals surface area (Å²) < 4.78 is 92.4. The van der Waals surface area contributed by atoms with Gasteiger partial charge < -0.3 is 9.84 Å². The van der Waals surface area contributed by atoms with E-state index in [1.165, 1.54) is 0 Å². The third-order valence-corrected chi connectivity index (χ3v) is 5.78. The van der Waals surface area contributed by atoms with Crippen molar-refractivity contribution >= 4 is 17.5 Å². The average Bonchev–Trinajstić information content (AvgIpc) is 3.19. The molecule has 176 valence electrons. The van der Waals surface area contributed by atoms with Gasteiger partial charge in [-0.05, 0) is 41.6 Å². The minimum Gasteiger partial charge on any atom is -0.483 e. The predicted molar refractivity (Wildman–Crippen MR) is 109 cm³/mol. The predicted octanol–water partition coefficient (Wildman–Crippen LogP) is 6.40. The Morgan fingerprint density at radius 3 is 2.36 bits per heavy atom. The van der Waals surface area contributed by atoms with Gasteiger partial charge in [0.25, 0.3) is 0 Å². The maximum atomic E-state index is 14.4. The van der Waals surface area contributed by atoms with E-state index >= 15 is 0 Å². The van der Waals surface area contributed by atoms with E-state index in [2.05, 4.69) is 4.37 Å². The van der Waals surface area contributed by atoms with Crippen LogP contribution in [0.2, 0.25) is 0 Å². The van der Waals surface area contributed by atoms with Crippen molar-refractivity contribution in [1.29, 1.82) is 0 Å². The number of carboxylic acids is 1. The summed E-state index contributed by atoms with van der Waals surface area (Å²) in [6.45, 7) is 0.992. The monoisotopic (exact) mass is 489 g/mol. The number of nitrogens with zero attached hydrogens (tertiary/aromatic N) is 1. The topological polar surface area (TPSA) is 59.4 Å². The van der Waals surface area contributed by atoms with Gasteiger partial charge >= 0.3 is 12.1 Å². The molecule has 0 aliphatic heterocycles. The molecule has 33 heavy (non-hydrogen) atoms. The zero-order valence-electron chi connectivity index (χ0n) is 17.1. The lowest BCUT2D eigenvalue weighted by Gasteiger charge is -2.13. The smallest absolute Gasteiger partial charge is 0.427 e. The minimum atomic E-state index is -4.79. The van der Waals surface area contributed by atoms with Gasteiger partial charge in [-0.15, -0.1) is 0 Å². The molecule has 1 heterocycles. The number of aliphatic carboxylic acids is 1. The van der Waals surface area contributed by atoms with Gasteiger partial charge in [0.2, 0.25) is 5.82 Å². The number of benzene rings is 2. The minimum absolute atomic E-state index is 0.0608. The number of alkyl halides is 3. The largest absolute Gasteiger partial charge is 0.483 e. The molecule has 4 nitrogen and oxygen atoms in total. The summed E-state index contributed by atoms with van der Waals surface area (Å²) in [7, 11) is 0. The summed E-state index contributed by atoms with van der Waals surface area (Å²) in [6, 6.07) is 7.16. The van der Waals surface area contributed by atoms with Crippen LogP contribution in [0.3, 0.4) is 0 Å². The second-order valence-corrected chi connectivity index (χ2v) is 7.82. The van der Waals surface area contributed by atoms with Crippen molar-refractivity contribution in [3.05, 3.63) is 69.4 Å². The molecule has 0 aliphatic carbocycles. The Kier molecular flexibility index (Phi) is 7.31. The summed E-state index contributed by atoms with van der Waals surface area (Å²) >= 11 is 0.174. The maximum Gasteiger partial charge on any atom is 0.427 e. The molecule has 0 spiro atoms. The van der Waals surface area contributed by atoms with E-state index in [9.17, 15) is 31.1 Å². The highest BCUT2D eigenvalue weighted by atomic mass is 32.1. The van der Waals surface area contributed by atoms with Gasteiger partial charge in [-0.3, -0.25) is 4.79 Å². The standard InChI is InChI=1S/C22H17F6NO3S/c1-2-11-3-5-12(6-4-11)19-14(21(33-29-19)22(26,27)28)10-32-20-15(23)9-13(7-8-16(30)31)17(24)18(20)25/h3-6,9H,2,7-8,10H2,1H3,(H,30,31). The number of aryl methyl sites for hydroxylation is 2. The third-order valence-electron chi connectivity index (χ3n) is 4.84. The first-order valence-corrected chi connectivity index (χ1v) is 10.5. The summed E-state index contributed by atoms with van der Waals surface area (Å²) in [5, 5.41) is 8.66. The quantitative estimate of drug-likeness (QED) is 0.294. The van der Waals surface area contributed by atoms with E-state index in [0.717, 1.165) is 5.56 Å². The molecule has 0 atom stereocenters. The lowest BCUT2D eigenvalue weighted by atomic mass is 10.0. The first kappa shape index (κ1) is 24.6. The number of carbonyl (C=O) groups is 1. The van der Waals surface area contributed by atoms with E-state index in [1.807, 2.05) is 6.92 Å². The zero-order chi connectivity index (χ0) is 24.3. The molecule has 0 bridgehead atoms. The third kappa shape index (κ3) is 5.47. The highest BCUT2D eigenvalue weighted by molar-refractivity contribution is 7.06. The van der Waals surface area contributed by atoms with Crippen LogP contribution in [0.15, 0.2) is 30.3 Å². The Labute approximate surface area is 188 Å². The number of halogens is 6. The summed E-state index contributed by atoms with van der Waals surface area (Å²) in [5.74, 6) is -7.12. The van der Waals surface area contributed by atoms with Crippen molar-refractivity contribution in [1.82, 2.24) is 4.37 Å². The highest BCUT2D eigenvalue weighted by Crippen LogP contribution is 2.40. The fourth-order valence-electron chi connectivity index (χ4n) is 3.12. The Morgan fingerprint density at radius 1 is 1.12 bits per heavy atom. The van der Waals surface area contributed by atoms with Crippen molar-refractivity contribution in [3.8, 4) is 17.0 Å². The average molecular weight is 489 g/mol. The van der Waals surface area contributed by atoms with Crippen LogP contribution in [-0.4, -0.2) is 15.4 Å². The first-order chi connectivity index (χ1) is 15.5. The van der Waals surface area contributed by atoms with Gasteiger partial charge in [0, 0.05) is 17.5 Å². The van der Waals surface area contributed by atoms with E-state index in [0.29, 0.717) is 18.1 Å². The molecular weight excluding hydrogens is 472 g/mol. The van der Waals surface area contributed by atoms with Gasteiger partial charge in [0.05, 0.1) is 5.69 Å². The molecule has 3 aromatic rings. The second-order valence-electron chi connectivity index (χ2n) is 7.04. The van der Waals surface area contributed by atoms with Gasteiger partial charge in [-0.1, -0.05) is 31.2 Å².